The Balaban J connectivity index is 2.14. The maximum Gasteiger partial charge on any atom is 0.253 e. The van der Waals surface area contributed by atoms with Crippen molar-refractivity contribution in [3.05, 3.63) is 33.3 Å². The van der Waals surface area contributed by atoms with Crippen LogP contribution in [0.25, 0.3) is 0 Å². The normalized spacial score (nSPS) is 23.7. The van der Waals surface area contributed by atoms with Crippen molar-refractivity contribution in [3.63, 3.8) is 0 Å². The number of ether oxygens (including phenoxy) is 1. The Bertz CT molecular complexity index is 458. The van der Waals surface area contributed by atoms with Crippen LogP contribution in [0.1, 0.15) is 30.1 Å². The highest BCUT2D eigenvalue weighted by Crippen LogP contribution is 2.27. The zero-order valence-electron chi connectivity index (χ0n) is 10.1. The van der Waals surface area contributed by atoms with E-state index in [1.54, 1.807) is 12.1 Å². The first-order valence-corrected chi connectivity index (χ1v) is 7.03. The highest BCUT2D eigenvalue weighted by molar-refractivity contribution is 9.10. The molecule has 1 amide bonds. The zero-order chi connectivity index (χ0) is 13.2. The molecule has 1 saturated heterocycles. The fourth-order valence-electron chi connectivity index (χ4n) is 2.05. The standard InChI is InChI=1S/C13H15BrClNO2/c1-13(6-3-7-18-8-13)16-12(17)9-4-2-5-10(14)11(9)15/h2,4-5H,3,6-8H2,1H3,(H,16,17)/t13-/m0/s1. The molecule has 0 spiro atoms. The number of nitrogens with one attached hydrogen (secondary N) is 1. The minimum atomic E-state index is -0.305. The van der Waals surface area contributed by atoms with Gasteiger partial charge in [-0.3, -0.25) is 4.79 Å². The van der Waals surface area contributed by atoms with Gasteiger partial charge in [-0.15, -0.1) is 0 Å². The molecule has 1 N–H and O–H groups in total. The van der Waals surface area contributed by atoms with Gasteiger partial charge in [-0.05, 0) is 47.8 Å². The molecule has 1 aromatic carbocycles. The summed E-state index contributed by atoms with van der Waals surface area (Å²) in [6.07, 6.45) is 1.88. The van der Waals surface area contributed by atoms with Gasteiger partial charge in [0.2, 0.25) is 0 Å². The van der Waals surface area contributed by atoms with Gasteiger partial charge < -0.3 is 10.1 Å². The van der Waals surface area contributed by atoms with Crippen LogP contribution in [0.15, 0.2) is 22.7 Å². The van der Waals surface area contributed by atoms with Crippen molar-refractivity contribution in [1.29, 1.82) is 0 Å². The summed E-state index contributed by atoms with van der Waals surface area (Å²) in [5.41, 5.74) is 0.180. The van der Waals surface area contributed by atoms with E-state index in [1.807, 2.05) is 13.0 Å². The van der Waals surface area contributed by atoms with E-state index in [1.165, 1.54) is 0 Å². The predicted molar refractivity (Wildman–Crippen MR) is 75.1 cm³/mol. The van der Waals surface area contributed by atoms with E-state index in [0.717, 1.165) is 23.9 Å². The molecule has 1 atom stereocenters. The van der Waals surface area contributed by atoms with Gasteiger partial charge in [-0.25, -0.2) is 0 Å². The molecule has 1 fully saturated rings. The molecule has 0 aliphatic carbocycles. The van der Waals surface area contributed by atoms with Crippen LogP contribution in [0.4, 0.5) is 0 Å². The Labute approximate surface area is 120 Å². The minimum Gasteiger partial charge on any atom is -0.379 e. The van der Waals surface area contributed by atoms with Crippen molar-refractivity contribution >= 4 is 33.4 Å². The van der Waals surface area contributed by atoms with Gasteiger partial charge in [-0.1, -0.05) is 17.7 Å². The van der Waals surface area contributed by atoms with E-state index in [9.17, 15) is 4.79 Å². The number of halogens is 2. The number of hydrogen-bond donors (Lipinski definition) is 1. The summed E-state index contributed by atoms with van der Waals surface area (Å²) in [6, 6.07) is 5.32. The van der Waals surface area contributed by atoms with Crippen LogP contribution in [0.3, 0.4) is 0 Å². The second kappa shape index (κ2) is 5.59. The quantitative estimate of drug-likeness (QED) is 0.901. The second-order valence-electron chi connectivity index (χ2n) is 4.77. The molecular formula is C13H15BrClNO2. The van der Waals surface area contributed by atoms with Crippen molar-refractivity contribution in [3.8, 4) is 0 Å². The molecule has 1 aromatic rings. The number of benzene rings is 1. The zero-order valence-corrected chi connectivity index (χ0v) is 12.5. The molecule has 0 bridgehead atoms. The van der Waals surface area contributed by atoms with Crippen LogP contribution in [-0.2, 0) is 4.74 Å². The third kappa shape index (κ3) is 3.05. The van der Waals surface area contributed by atoms with Gasteiger partial charge in [0.25, 0.3) is 5.91 Å². The minimum absolute atomic E-state index is 0.158. The maximum atomic E-state index is 12.2. The number of carbonyl (C=O) groups is 1. The molecule has 2 rings (SSSR count). The highest BCUT2D eigenvalue weighted by atomic mass is 79.9. The number of amides is 1. The summed E-state index contributed by atoms with van der Waals surface area (Å²) in [4.78, 5) is 12.2. The molecular weight excluding hydrogens is 318 g/mol. The molecule has 0 saturated carbocycles. The maximum absolute atomic E-state index is 12.2. The fraction of sp³-hybridized carbons (Fsp3) is 0.462. The van der Waals surface area contributed by atoms with Crippen LogP contribution in [0, 0.1) is 0 Å². The van der Waals surface area contributed by atoms with Crippen LogP contribution >= 0.6 is 27.5 Å². The first-order valence-electron chi connectivity index (χ1n) is 5.86. The summed E-state index contributed by atoms with van der Waals surface area (Å²) in [7, 11) is 0. The summed E-state index contributed by atoms with van der Waals surface area (Å²) in [5.74, 6) is -0.158. The first kappa shape index (κ1) is 13.8. The largest absolute Gasteiger partial charge is 0.379 e. The average Bonchev–Trinajstić information content (AvgIpc) is 2.33. The molecule has 1 aliphatic rings. The SMILES string of the molecule is C[C@]1(NC(=O)c2cccc(Br)c2Cl)CCCOC1. The van der Waals surface area contributed by atoms with Crippen LogP contribution in [0.5, 0.6) is 0 Å². The first-order chi connectivity index (χ1) is 8.52. The third-order valence-corrected chi connectivity index (χ3v) is 4.35. The predicted octanol–water partition coefficient (Wildman–Crippen LogP) is 3.40. The number of carbonyl (C=O) groups excluding carboxylic acids is 1. The van der Waals surface area contributed by atoms with Crippen LogP contribution in [0.2, 0.25) is 5.02 Å². The highest BCUT2D eigenvalue weighted by Gasteiger charge is 2.30. The third-order valence-electron chi connectivity index (χ3n) is 3.05. The Morgan fingerprint density at radius 1 is 1.56 bits per heavy atom. The lowest BCUT2D eigenvalue weighted by Crippen LogP contribution is -2.51. The number of rotatable bonds is 2. The summed E-state index contributed by atoms with van der Waals surface area (Å²) >= 11 is 9.43. The van der Waals surface area contributed by atoms with E-state index in [-0.39, 0.29) is 11.4 Å². The van der Waals surface area contributed by atoms with Crippen molar-refractivity contribution in [2.45, 2.75) is 25.3 Å². The lowest BCUT2D eigenvalue weighted by atomic mass is 9.94. The molecule has 3 nitrogen and oxygen atoms in total. The van der Waals surface area contributed by atoms with Gasteiger partial charge >= 0.3 is 0 Å². The van der Waals surface area contributed by atoms with E-state index < -0.39 is 0 Å². The summed E-state index contributed by atoms with van der Waals surface area (Å²) in [6.45, 7) is 3.31. The van der Waals surface area contributed by atoms with Crippen molar-refractivity contribution in [2.24, 2.45) is 0 Å². The molecule has 18 heavy (non-hydrogen) atoms. The molecule has 0 aromatic heterocycles. The van der Waals surface area contributed by atoms with E-state index in [0.29, 0.717) is 17.2 Å². The molecule has 0 radical (unpaired) electrons. The van der Waals surface area contributed by atoms with Crippen molar-refractivity contribution < 1.29 is 9.53 Å². The average molecular weight is 333 g/mol. The second-order valence-corrected chi connectivity index (χ2v) is 6.00. The molecule has 98 valence electrons. The van der Waals surface area contributed by atoms with E-state index in [2.05, 4.69) is 21.2 Å². The Morgan fingerprint density at radius 2 is 2.33 bits per heavy atom. The summed E-state index contributed by atoms with van der Waals surface area (Å²) in [5, 5.41) is 3.45. The fourth-order valence-corrected chi connectivity index (χ4v) is 2.63. The van der Waals surface area contributed by atoms with Gasteiger partial charge in [0.1, 0.15) is 0 Å². The lowest BCUT2D eigenvalue weighted by Gasteiger charge is -2.34. The lowest BCUT2D eigenvalue weighted by molar-refractivity contribution is 0.0272. The van der Waals surface area contributed by atoms with Crippen molar-refractivity contribution in [2.75, 3.05) is 13.2 Å². The molecule has 1 heterocycles. The summed E-state index contributed by atoms with van der Waals surface area (Å²) < 4.78 is 6.14. The number of hydrogen-bond acceptors (Lipinski definition) is 2. The van der Waals surface area contributed by atoms with E-state index in [4.69, 9.17) is 16.3 Å². The van der Waals surface area contributed by atoms with E-state index >= 15 is 0 Å². The van der Waals surface area contributed by atoms with Gasteiger partial charge in [0.05, 0.1) is 22.7 Å². The molecule has 5 heteroatoms. The van der Waals surface area contributed by atoms with Gasteiger partial charge in [0, 0.05) is 11.1 Å². The van der Waals surface area contributed by atoms with Gasteiger partial charge in [0.15, 0.2) is 0 Å². The van der Waals surface area contributed by atoms with Crippen molar-refractivity contribution in [1.82, 2.24) is 5.32 Å². The van der Waals surface area contributed by atoms with Gasteiger partial charge in [-0.2, -0.15) is 0 Å². The topological polar surface area (TPSA) is 38.3 Å². The van der Waals surface area contributed by atoms with Crippen LogP contribution in [-0.4, -0.2) is 24.7 Å². The smallest absolute Gasteiger partial charge is 0.253 e. The van der Waals surface area contributed by atoms with Crippen LogP contribution < -0.4 is 5.32 Å². The monoisotopic (exact) mass is 331 g/mol. The molecule has 0 unspecified atom stereocenters. The Morgan fingerprint density at radius 3 is 3.00 bits per heavy atom. The Kier molecular flexibility index (Phi) is 4.30. The Hall–Kier alpha value is -0.580. The molecule has 1 aliphatic heterocycles.